The van der Waals surface area contributed by atoms with Crippen LogP contribution in [0.15, 0.2) is 12.7 Å². The molecule has 0 aromatic heterocycles. The molecule has 0 aromatic rings. The molecule has 0 amide bonds. The lowest BCUT2D eigenvalue weighted by Crippen LogP contribution is -2.26. The summed E-state index contributed by atoms with van der Waals surface area (Å²) in [4.78, 5) is 10.6. The maximum Gasteiger partial charge on any atom is 0.330 e. The lowest BCUT2D eigenvalue weighted by Gasteiger charge is -2.16. The first-order valence-electron chi connectivity index (χ1n) is 4.39. The van der Waals surface area contributed by atoms with E-state index in [1.54, 1.807) is 0 Å². The molecule has 76 valence electrons. The second kappa shape index (κ2) is 5.94. The van der Waals surface area contributed by atoms with Crippen molar-refractivity contribution < 1.29 is 14.0 Å². The van der Waals surface area contributed by atoms with E-state index < -0.39 is 8.32 Å². The van der Waals surface area contributed by atoms with Gasteiger partial charge in [-0.15, -0.1) is 0 Å². The molecule has 0 saturated heterocycles. The molecule has 0 heterocycles. The van der Waals surface area contributed by atoms with Crippen molar-refractivity contribution in [1.82, 2.24) is 0 Å². The van der Waals surface area contributed by atoms with Crippen LogP contribution in [0.2, 0.25) is 19.6 Å². The minimum atomic E-state index is -1.40. The molecule has 0 aliphatic rings. The van der Waals surface area contributed by atoms with Crippen molar-refractivity contribution in [1.29, 1.82) is 0 Å². The fourth-order valence-corrected chi connectivity index (χ4v) is 1.43. The third kappa shape index (κ3) is 9.30. The van der Waals surface area contributed by atoms with Crippen LogP contribution in [0.5, 0.6) is 0 Å². The number of esters is 1. The summed E-state index contributed by atoms with van der Waals surface area (Å²) in [6, 6.07) is 0. The Bertz CT molecular complexity index is 172. The summed E-state index contributed by atoms with van der Waals surface area (Å²) in [7, 11) is -1.40. The van der Waals surface area contributed by atoms with Crippen molar-refractivity contribution in [3.05, 3.63) is 12.7 Å². The first kappa shape index (κ1) is 12.4. The molecule has 0 rings (SSSR count). The third-order valence-corrected chi connectivity index (χ3v) is 2.30. The van der Waals surface area contributed by atoms with E-state index in [1.807, 2.05) is 0 Å². The summed E-state index contributed by atoms with van der Waals surface area (Å²) in [5.41, 5.74) is 0. The molecule has 4 heteroatoms. The fraction of sp³-hybridized carbons (Fsp3) is 0.667. The lowest BCUT2D eigenvalue weighted by atomic mass is 10.5. The molecule has 3 nitrogen and oxygen atoms in total. The Hall–Kier alpha value is -0.613. The van der Waals surface area contributed by atoms with E-state index >= 15 is 0 Å². The van der Waals surface area contributed by atoms with E-state index in [2.05, 4.69) is 26.2 Å². The van der Waals surface area contributed by atoms with Gasteiger partial charge in [-0.05, 0) is 19.6 Å². The van der Waals surface area contributed by atoms with E-state index in [1.165, 1.54) is 6.08 Å². The third-order valence-electron chi connectivity index (χ3n) is 1.23. The average Bonchev–Trinajstić information content (AvgIpc) is 2.01. The van der Waals surface area contributed by atoms with Crippen LogP contribution in [0, 0.1) is 0 Å². The number of carbonyl (C=O) groups is 1. The van der Waals surface area contributed by atoms with Gasteiger partial charge in [0.15, 0.2) is 8.32 Å². The first-order chi connectivity index (χ1) is 5.95. The van der Waals surface area contributed by atoms with Crippen molar-refractivity contribution in [3.8, 4) is 0 Å². The van der Waals surface area contributed by atoms with E-state index in [0.717, 1.165) is 6.42 Å². The van der Waals surface area contributed by atoms with Gasteiger partial charge in [0.25, 0.3) is 0 Å². The molecule has 0 atom stereocenters. The normalized spacial score (nSPS) is 11.0. The first-order valence-corrected chi connectivity index (χ1v) is 7.79. The summed E-state index contributed by atoms with van der Waals surface area (Å²) in [5.74, 6) is -0.368. The molecule has 0 bridgehead atoms. The van der Waals surface area contributed by atoms with Gasteiger partial charge < -0.3 is 9.16 Å². The van der Waals surface area contributed by atoms with Crippen LogP contribution in [0.4, 0.5) is 0 Å². The summed E-state index contributed by atoms with van der Waals surface area (Å²) < 4.78 is 10.4. The van der Waals surface area contributed by atoms with Crippen LogP contribution in [-0.4, -0.2) is 27.5 Å². The van der Waals surface area contributed by atoms with Gasteiger partial charge in [-0.3, -0.25) is 0 Å². The standard InChI is InChI=1S/C9H18O3Si/c1-5-9(10)11-7-6-8-12-13(2,3)4/h5H,1,6-8H2,2-4H3. The van der Waals surface area contributed by atoms with Crippen LogP contribution in [-0.2, 0) is 14.0 Å². The molecule has 0 aromatic carbocycles. The Morgan fingerprint density at radius 3 is 2.46 bits per heavy atom. The van der Waals surface area contributed by atoms with Crippen LogP contribution < -0.4 is 0 Å². The maximum absolute atomic E-state index is 10.6. The molecule has 0 fully saturated rings. The van der Waals surface area contributed by atoms with Crippen LogP contribution in [0.1, 0.15) is 6.42 Å². The number of hydrogen-bond donors (Lipinski definition) is 0. The van der Waals surface area contributed by atoms with Crippen LogP contribution in [0.25, 0.3) is 0 Å². The highest BCUT2D eigenvalue weighted by Crippen LogP contribution is 2.02. The van der Waals surface area contributed by atoms with E-state index in [-0.39, 0.29) is 5.97 Å². The van der Waals surface area contributed by atoms with Gasteiger partial charge in [0.2, 0.25) is 0 Å². The Morgan fingerprint density at radius 1 is 1.38 bits per heavy atom. The van der Waals surface area contributed by atoms with Gasteiger partial charge >= 0.3 is 5.97 Å². The van der Waals surface area contributed by atoms with Crippen LogP contribution in [0.3, 0.4) is 0 Å². The molecule has 0 aliphatic carbocycles. The molecular weight excluding hydrogens is 184 g/mol. The zero-order valence-electron chi connectivity index (χ0n) is 8.63. The Kier molecular flexibility index (Phi) is 5.66. The topological polar surface area (TPSA) is 35.5 Å². The minimum Gasteiger partial charge on any atom is -0.462 e. The summed E-state index contributed by atoms with van der Waals surface area (Å²) in [6.07, 6.45) is 1.92. The predicted octanol–water partition coefficient (Wildman–Crippen LogP) is 1.96. The second-order valence-corrected chi connectivity index (χ2v) is 8.20. The lowest BCUT2D eigenvalue weighted by molar-refractivity contribution is -0.137. The molecule has 0 unspecified atom stereocenters. The highest BCUT2D eigenvalue weighted by molar-refractivity contribution is 6.69. The Morgan fingerprint density at radius 2 is 2.00 bits per heavy atom. The molecule has 0 aliphatic heterocycles. The molecule has 0 spiro atoms. The number of rotatable bonds is 6. The van der Waals surface area contributed by atoms with Crippen molar-refractivity contribution in [3.63, 3.8) is 0 Å². The Balaban J connectivity index is 3.27. The van der Waals surface area contributed by atoms with Crippen LogP contribution >= 0.6 is 0 Å². The minimum absolute atomic E-state index is 0.368. The molecule has 0 saturated carbocycles. The smallest absolute Gasteiger partial charge is 0.330 e. The fourth-order valence-electron chi connectivity index (χ4n) is 0.669. The van der Waals surface area contributed by atoms with Crippen molar-refractivity contribution in [2.45, 2.75) is 26.1 Å². The SMILES string of the molecule is C=CC(=O)OCCCO[Si](C)(C)C. The largest absolute Gasteiger partial charge is 0.462 e. The predicted molar refractivity (Wildman–Crippen MR) is 55.1 cm³/mol. The zero-order chi connectivity index (χ0) is 10.3. The van der Waals surface area contributed by atoms with Gasteiger partial charge in [-0.2, -0.15) is 0 Å². The van der Waals surface area contributed by atoms with Gasteiger partial charge in [0.05, 0.1) is 6.61 Å². The van der Waals surface area contributed by atoms with Gasteiger partial charge in [-0.25, -0.2) is 4.79 Å². The van der Waals surface area contributed by atoms with Gasteiger partial charge in [0, 0.05) is 19.1 Å². The molecule has 0 radical (unpaired) electrons. The maximum atomic E-state index is 10.6. The average molecular weight is 202 g/mol. The molecule has 13 heavy (non-hydrogen) atoms. The van der Waals surface area contributed by atoms with E-state index in [9.17, 15) is 4.79 Å². The van der Waals surface area contributed by atoms with E-state index in [4.69, 9.17) is 9.16 Å². The monoisotopic (exact) mass is 202 g/mol. The number of carbonyl (C=O) groups excluding carboxylic acids is 1. The van der Waals surface area contributed by atoms with Crippen molar-refractivity contribution in [2.75, 3.05) is 13.2 Å². The van der Waals surface area contributed by atoms with Gasteiger partial charge in [-0.1, -0.05) is 6.58 Å². The van der Waals surface area contributed by atoms with Crippen molar-refractivity contribution in [2.24, 2.45) is 0 Å². The van der Waals surface area contributed by atoms with E-state index in [0.29, 0.717) is 13.2 Å². The quantitative estimate of drug-likeness (QED) is 0.286. The highest BCUT2D eigenvalue weighted by atomic mass is 28.4. The Labute approximate surface area is 80.9 Å². The summed E-state index contributed by atoms with van der Waals surface area (Å²) >= 11 is 0. The van der Waals surface area contributed by atoms with Gasteiger partial charge in [0.1, 0.15) is 0 Å². The second-order valence-electron chi connectivity index (χ2n) is 3.69. The highest BCUT2D eigenvalue weighted by Gasteiger charge is 2.13. The number of ether oxygens (including phenoxy) is 1. The summed E-state index contributed by atoms with van der Waals surface area (Å²) in [5, 5.41) is 0. The zero-order valence-corrected chi connectivity index (χ0v) is 9.63. The summed E-state index contributed by atoms with van der Waals surface area (Å²) in [6.45, 7) is 10.8. The molecular formula is C9H18O3Si. The molecule has 0 N–H and O–H groups in total. The van der Waals surface area contributed by atoms with Crippen molar-refractivity contribution >= 4 is 14.3 Å². The number of hydrogen-bond acceptors (Lipinski definition) is 3.